The number of hydrogen-bond donors (Lipinski definition) is 1. The van der Waals surface area contributed by atoms with Gasteiger partial charge in [-0.25, -0.2) is 0 Å². The van der Waals surface area contributed by atoms with E-state index in [4.69, 9.17) is 15.2 Å². The van der Waals surface area contributed by atoms with Crippen LogP contribution in [-0.4, -0.2) is 49.0 Å². The minimum absolute atomic E-state index is 0.0264. The van der Waals surface area contributed by atoms with Crippen LogP contribution in [0.3, 0.4) is 0 Å². The van der Waals surface area contributed by atoms with E-state index in [1.165, 1.54) is 25.6 Å². The number of carbonyl (C=O) groups is 1. The first-order valence-corrected chi connectivity index (χ1v) is 8.12. The lowest BCUT2D eigenvalue weighted by atomic mass is 10.1. The Morgan fingerprint density at radius 2 is 1.96 bits per heavy atom. The smallest absolute Gasteiger partial charge is 0.286 e. The molecule has 0 saturated carbocycles. The van der Waals surface area contributed by atoms with Gasteiger partial charge >= 0.3 is 0 Å². The number of nitro benzene ring substituents is 1. The standard InChI is InChI=1S/C14H21N3O5.CH3Cl/c1-4-6-16(5-2)14(18)10-7-12(21-3)13(22-9-15)8-11(10)17(19)20;1-2/h7-8H,4-6,9,15H2,1-3H3;1H3. The lowest BCUT2D eigenvalue weighted by Gasteiger charge is -2.20. The van der Waals surface area contributed by atoms with Gasteiger partial charge in [0.15, 0.2) is 11.5 Å². The first-order chi connectivity index (χ1) is 11.5. The van der Waals surface area contributed by atoms with Gasteiger partial charge in [-0.2, -0.15) is 0 Å². The Labute approximate surface area is 146 Å². The summed E-state index contributed by atoms with van der Waals surface area (Å²) < 4.78 is 10.2. The number of amides is 1. The molecular formula is C15H24ClN3O5. The molecule has 0 aliphatic rings. The van der Waals surface area contributed by atoms with Crippen LogP contribution in [0, 0.1) is 10.1 Å². The molecular weight excluding hydrogens is 338 g/mol. The van der Waals surface area contributed by atoms with Crippen molar-refractivity contribution in [2.75, 3.05) is 33.3 Å². The van der Waals surface area contributed by atoms with Crippen LogP contribution in [0.15, 0.2) is 12.1 Å². The number of nitrogens with two attached hydrogens (primary N) is 1. The van der Waals surface area contributed by atoms with Gasteiger partial charge < -0.3 is 14.4 Å². The Balaban J connectivity index is 0.00000254. The number of halogens is 1. The number of ether oxygens (including phenoxy) is 2. The lowest BCUT2D eigenvalue weighted by molar-refractivity contribution is -0.385. The number of nitro groups is 1. The average Bonchev–Trinajstić information content (AvgIpc) is 2.60. The van der Waals surface area contributed by atoms with Crippen molar-refractivity contribution in [1.82, 2.24) is 4.90 Å². The zero-order valence-electron chi connectivity index (χ0n) is 14.4. The normalized spacial score (nSPS) is 9.58. The summed E-state index contributed by atoms with van der Waals surface area (Å²) in [7, 11) is 1.39. The molecule has 1 aromatic rings. The van der Waals surface area contributed by atoms with E-state index in [2.05, 4.69) is 11.6 Å². The maximum absolute atomic E-state index is 12.5. The Bertz CT molecular complexity index is 554. The molecule has 0 radical (unpaired) electrons. The molecule has 24 heavy (non-hydrogen) atoms. The van der Waals surface area contributed by atoms with Gasteiger partial charge in [0.25, 0.3) is 11.6 Å². The summed E-state index contributed by atoms with van der Waals surface area (Å²) in [6.45, 7) is 4.59. The SMILES string of the molecule is CCCN(CC)C(=O)c1cc(OC)c(OCN)cc1[N+](=O)[O-].CCl. The fraction of sp³-hybridized carbons (Fsp3) is 0.533. The molecule has 0 fully saturated rings. The highest BCUT2D eigenvalue weighted by molar-refractivity contribution is 6.15. The largest absolute Gasteiger partial charge is 0.493 e. The van der Waals surface area contributed by atoms with E-state index in [0.29, 0.717) is 13.1 Å². The number of alkyl halides is 1. The summed E-state index contributed by atoms with van der Waals surface area (Å²) in [6, 6.07) is 2.49. The van der Waals surface area contributed by atoms with Crippen molar-refractivity contribution in [2.45, 2.75) is 20.3 Å². The first-order valence-electron chi connectivity index (χ1n) is 7.36. The molecule has 0 bridgehead atoms. The van der Waals surface area contributed by atoms with Gasteiger partial charge in [-0.15, -0.1) is 11.6 Å². The summed E-state index contributed by atoms with van der Waals surface area (Å²) in [6.07, 6.45) is 2.24. The molecule has 8 nitrogen and oxygen atoms in total. The van der Waals surface area contributed by atoms with Crippen molar-refractivity contribution in [3.05, 3.63) is 27.8 Å². The second kappa shape index (κ2) is 11.5. The topological polar surface area (TPSA) is 108 Å². The Morgan fingerprint density at radius 3 is 2.38 bits per heavy atom. The minimum atomic E-state index is -0.615. The third-order valence-electron chi connectivity index (χ3n) is 3.11. The average molecular weight is 362 g/mol. The van der Waals surface area contributed by atoms with Gasteiger partial charge in [-0.05, 0) is 13.3 Å². The van der Waals surface area contributed by atoms with E-state index in [0.717, 1.165) is 6.42 Å². The van der Waals surface area contributed by atoms with Crippen molar-refractivity contribution < 1.29 is 19.2 Å². The van der Waals surface area contributed by atoms with Crippen LogP contribution in [0.2, 0.25) is 0 Å². The Morgan fingerprint density at radius 1 is 1.33 bits per heavy atom. The van der Waals surface area contributed by atoms with E-state index in [9.17, 15) is 14.9 Å². The van der Waals surface area contributed by atoms with Crippen LogP contribution in [0.4, 0.5) is 5.69 Å². The van der Waals surface area contributed by atoms with Crippen LogP contribution >= 0.6 is 11.6 Å². The summed E-state index contributed by atoms with van der Waals surface area (Å²) in [5.74, 6) is -0.0487. The van der Waals surface area contributed by atoms with Gasteiger partial charge in [-0.3, -0.25) is 20.6 Å². The number of carbonyl (C=O) groups excluding carboxylic acids is 1. The highest BCUT2D eigenvalue weighted by Crippen LogP contribution is 2.35. The summed E-state index contributed by atoms with van der Waals surface area (Å²) in [5.41, 5.74) is 4.94. The van der Waals surface area contributed by atoms with Crippen molar-refractivity contribution in [1.29, 1.82) is 0 Å². The van der Waals surface area contributed by atoms with Crippen LogP contribution < -0.4 is 15.2 Å². The molecule has 1 rings (SSSR count). The number of nitrogens with zero attached hydrogens (tertiary/aromatic N) is 2. The molecule has 0 unspecified atom stereocenters. The molecule has 0 spiro atoms. The van der Waals surface area contributed by atoms with E-state index in [1.54, 1.807) is 4.90 Å². The second-order valence-corrected chi connectivity index (χ2v) is 4.47. The van der Waals surface area contributed by atoms with Gasteiger partial charge in [0.1, 0.15) is 12.3 Å². The third-order valence-corrected chi connectivity index (χ3v) is 3.11. The van der Waals surface area contributed by atoms with Gasteiger partial charge in [-0.1, -0.05) is 6.92 Å². The van der Waals surface area contributed by atoms with Crippen molar-refractivity contribution in [3.8, 4) is 11.5 Å². The van der Waals surface area contributed by atoms with Gasteiger partial charge in [0.05, 0.1) is 18.1 Å². The number of benzene rings is 1. The van der Waals surface area contributed by atoms with Crippen LogP contribution in [-0.2, 0) is 0 Å². The second-order valence-electron chi connectivity index (χ2n) is 4.47. The monoisotopic (exact) mass is 361 g/mol. The summed E-state index contributed by atoms with van der Waals surface area (Å²) in [4.78, 5) is 24.7. The van der Waals surface area contributed by atoms with E-state index >= 15 is 0 Å². The molecule has 0 saturated heterocycles. The van der Waals surface area contributed by atoms with E-state index in [1.807, 2.05) is 13.8 Å². The summed E-state index contributed by atoms with van der Waals surface area (Å²) >= 11 is 4.64. The molecule has 136 valence electrons. The first kappa shape index (κ1) is 21.9. The summed E-state index contributed by atoms with van der Waals surface area (Å²) in [5, 5.41) is 11.3. The fourth-order valence-corrected chi connectivity index (χ4v) is 2.08. The molecule has 0 aromatic heterocycles. The third kappa shape index (κ3) is 5.54. The van der Waals surface area contributed by atoms with Crippen LogP contribution in [0.1, 0.15) is 30.6 Å². The number of rotatable bonds is 8. The van der Waals surface area contributed by atoms with Crippen molar-refractivity contribution >= 4 is 23.2 Å². The van der Waals surface area contributed by atoms with Crippen LogP contribution in [0.25, 0.3) is 0 Å². The minimum Gasteiger partial charge on any atom is -0.493 e. The molecule has 2 N–H and O–H groups in total. The van der Waals surface area contributed by atoms with Crippen LogP contribution in [0.5, 0.6) is 11.5 Å². The molecule has 0 heterocycles. The maximum atomic E-state index is 12.5. The number of hydrogen-bond acceptors (Lipinski definition) is 6. The number of methoxy groups -OCH3 is 1. The highest BCUT2D eigenvalue weighted by atomic mass is 35.5. The van der Waals surface area contributed by atoms with Crippen molar-refractivity contribution in [3.63, 3.8) is 0 Å². The zero-order valence-corrected chi connectivity index (χ0v) is 15.1. The quantitative estimate of drug-likeness (QED) is 0.330. The molecule has 0 aliphatic carbocycles. The highest BCUT2D eigenvalue weighted by Gasteiger charge is 2.27. The molecule has 1 aromatic carbocycles. The molecule has 9 heteroatoms. The fourth-order valence-electron chi connectivity index (χ4n) is 2.08. The van der Waals surface area contributed by atoms with Gasteiger partial charge in [0, 0.05) is 25.5 Å². The molecule has 0 atom stereocenters. The van der Waals surface area contributed by atoms with Gasteiger partial charge in [0.2, 0.25) is 0 Å². The van der Waals surface area contributed by atoms with E-state index in [-0.39, 0.29) is 29.5 Å². The zero-order chi connectivity index (χ0) is 18.7. The predicted molar refractivity (Wildman–Crippen MR) is 93.0 cm³/mol. The van der Waals surface area contributed by atoms with Crippen molar-refractivity contribution in [2.24, 2.45) is 5.73 Å². The van der Waals surface area contributed by atoms with E-state index < -0.39 is 10.8 Å². The predicted octanol–water partition coefficient (Wildman–Crippen LogP) is 2.63. The lowest BCUT2D eigenvalue weighted by Crippen LogP contribution is -2.32. The molecule has 0 aliphatic heterocycles. The molecule has 1 amide bonds. The Kier molecular flexibility index (Phi) is 10.5. The Hall–Kier alpha value is -2.06. The maximum Gasteiger partial charge on any atom is 0.286 e.